The van der Waals surface area contributed by atoms with Crippen molar-refractivity contribution >= 4 is 28.5 Å². The number of primary amides is 1. The highest BCUT2D eigenvalue weighted by molar-refractivity contribution is 14.1. The number of rotatable bonds is 2. The number of H-pyrrole nitrogens is 1. The summed E-state index contributed by atoms with van der Waals surface area (Å²) in [6.07, 6.45) is 0. The molecule has 1 heterocycles. The van der Waals surface area contributed by atoms with Crippen LogP contribution < -0.4 is 5.73 Å². The Hall–Kier alpha value is -1.44. The van der Waals surface area contributed by atoms with Crippen LogP contribution in [0, 0.1) is 3.57 Å². The fourth-order valence-electron chi connectivity index (χ4n) is 1.21. The molecular weight excluding hydrogens is 307 g/mol. The number of nitrogens with two attached hydrogens (primary N) is 1. The van der Waals surface area contributed by atoms with Gasteiger partial charge in [0.2, 0.25) is 0 Å². The SMILES string of the molecule is NC(=O)c1n[nH]nc1-c1ccc(I)cc1. The van der Waals surface area contributed by atoms with Gasteiger partial charge in [-0.25, -0.2) is 0 Å². The van der Waals surface area contributed by atoms with Gasteiger partial charge in [0.1, 0.15) is 5.69 Å². The molecule has 2 aromatic rings. The maximum absolute atomic E-state index is 11.0. The molecule has 0 bridgehead atoms. The molecular formula is C9H7IN4O. The highest BCUT2D eigenvalue weighted by Crippen LogP contribution is 2.20. The Balaban J connectivity index is 2.49. The molecule has 0 saturated carbocycles. The molecule has 0 radical (unpaired) electrons. The molecule has 0 unspecified atom stereocenters. The van der Waals surface area contributed by atoms with Gasteiger partial charge >= 0.3 is 0 Å². The van der Waals surface area contributed by atoms with Crippen molar-refractivity contribution in [3.63, 3.8) is 0 Å². The Labute approximate surface area is 99.2 Å². The molecule has 2 rings (SSSR count). The van der Waals surface area contributed by atoms with Gasteiger partial charge in [-0.05, 0) is 34.7 Å². The van der Waals surface area contributed by atoms with Crippen LogP contribution in [0.2, 0.25) is 0 Å². The first-order valence-corrected chi connectivity index (χ1v) is 5.23. The summed E-state index contributed by atoms with van der Waals surface area (Å²) in [6, 6.07) is 7.59. The maximum atomic E-state index is 11.0. The predicted molar refractivity (Wildman–Crippen MR) is 63.1 cm³/mol. The topological polar surface area (TPSA) is 84.7 Å². The van der Waals surface area contributed by atoms with E-state index in [1.54, 1.807) is 0 Å². The quantitative estimate of drug-likeness (QED) is 0.816. The second-order valence-electron chi connectivity index (χ2n) is 2.89. The number of carbonyl (C=O) groups is 1. The van der Waals surface area contributed by atoms with Crippen LogP contribution in [0.5, 0.6) is 0 Å². The van der Waals surface area contributed by atoms with E-state index in [9.17, 15) is 4.79 Å². The van der Waals surface area contributed by atoms with Crippen molar-refractivity contribution in [3.8, 4) is 11.3 Å². The summed E-state index contributed by atoms with van der Waals surface area (Å²) >= 11 is 2.20. The Kier molecular flexibility index (Phi) is 2.67. The summed E-state index contributed by atoms with van der Waals surface area (Å²) in [7, 11) is 0. The normalized spacial score (nSPS) is 10.2. The third-order valence-electron chi connectivity index (χ3n) is 1.90. The lowest BCUT2D eigenvalue weighted by Gasteiger charge is -1.97. The lowest BCUT2D eigenvalue weighted by molar-refractivity contribution is 0.0996. The highest BCUT2D eigenvalue weighted by atomic mass is 127. The third-order valence-corrected chi connectivity index (χ3v) is 2.62. The van der Waals surface area contributed by atoms with Crippen LogP contribution in [0.4, 0.5) is 0 Å². The summed E-state index contributed by atoms with van der Waals surface area (Å²) in [5.74, 6) is -0.586. The molecule has 1 aromatic carbocycles. The minimum Gasteiger partial charge on any atom is -0.364 e. The second kappa shape index (κ2) is 3.97. The van der Waals surface area contributed by atoms with Gasteiger partial charge < -0.3 is 5.73 Å². The number of nitrogens with one attached hydrogen (secondary N) is 1. The Bertz CT molecular complexity index is 491. The predicted octanol–water partition coefficient (Wildman–Crippen LogP) is 1.18. The highest BCUT2D eigenvalue weighted by Gasteiger charge is 2.14. The van der Waals surface area contributed by atoms with Crippen LogP contribution in [0.3, 0.4) is 0 Å². The van der Waals surface area contributed by atoms with Crippen LogP contribution in [0.25, 0.3) is 11.3 Å². The first-order valence-electron chi connectivity index (χ1n) is 4.15. The summed E-state index contributed by atoms with van der Waals surface area (Å²) in [6.45, 7) is 0. The van der Waals surface area contributed by atoms with Crippen molar-refractivity contribution in [1.29, 1.82) is 0 Å². The largest absolute Gasteiger partial charge is 0.364 e. The van der Waals surface area contributed by atoms with Crippen molar-refractivity contribution in [2.45, 2.75) is 0 Å². The number of carbonyl (C=O) groups excluding carboxylic acids is 1. The smallest absolute Gasteiger partial charge is 0.271 e. The Morgan fingerprint density at radius 3 is 2.53 bits per heavy atom. The third kappa shape index (κ3) is 1.99. The van der Waals surface area contributed by atoms with Gasteiger partial charge in [-0.1, -0.05) is 12.1 Å². The van der Waals surface area contributed by atoms with Crippen LogP contribution in [0.15, 0.2) is 24.3 Å². The number of amides is 1. The minimum atomic E-state index is -0.586. The summed E-state index contributed by atoms with van der Waals surface area (Å²) in [5.41, 5.74) is 6.63. The molecule has 6 heteroatoms. The van der Waals surface area contributed by atoms with Gasteiger partial charge in [0.05, 0.1) is 0 Å². The van der Waals surface area contributed by atoms with E-state index in [1.165, 1.54) is 0 Å². The van der Waals surface area contributed by atoms with Crippen LogP contribution in [-0.2, 0) is 0 Å². The van der Waals surface area contributed by atoms with Crippen LogP contribution in [-0.4, -0.2) is 21.3 Å². The molecule has 0 atom stereocenters. The van der Waals surface area contributed by atoms with E-state index in [4.69, 9.17) is 5.73 Å². The summed E-state index contributed by atoms with van der Waals surface area (Å²) < 4.78 is 1.11. The molecule has 0 aliphatic heterocycles. The van der Waals surface area contributed by atoms with Crippen molar-refractivity contribution in [3.05, 3.63) is 33.5 Å². The molecule has 0 spiro atoms. The van der Waals surface area contributed by atoms with Gasteiger partial charge in [0.15, 0.2) is 5.69 Å². The molecule has 1 amide bonds. The van der Waals surface area contributed by atoms with Gasteiger partial charge in [-0.3, -0.25) is 4.79 Å². The van der Waals surface area contributed by atoms with Crippen LogP contribution in [0.1, 0.15) is 10.5 Å². The first kappa shape index (κ1) is 10.1. The molecule has 0 aliphatic carbocycles. The average Bonchev–Trinajstić information content (AvgIpc) is 2.67. The molecule has 0 saturated heterocycles. The summed E-state index contributed by atoms with van der Waals surface area (Å²) in [4.78, 5) is 11.0. The monoisotopic (exact) mass is 314 g/mol. The average molecular weight is 314 g/mol. The number of benzene rings is 1. The zero-order valence-electron chi connectivity index (χ0n) is 7.57. The standard InChI is InChI=1S/C9H7IN4O/c10-6-3-1-5(2-4-6)7-8(9(11)15)13-14-12-7/h1-4H,(H2,11,15)(H,12,13,14). The number of hydrogen-bond acceptors (Lipinski definition) is 3. The number of hydrogen-bond donors (Lipinski definition) is 2. The van der Waals surface area contributed by atoms with Crippen molar-refractivity contribution < 1.29 is 4.79 Å². The first-order chi connectivity index (χ1) is 7.18. The van der Waals surface area contributed by atoms with Gasteiger partial charge in [-0.15, -0.1) is 0 Å². The zero-order valence-corrected chi connectivity index (χ0v) is 9.72. The molecule has 5 nitrogen and oxygen atoms in total. The lowest BCUT2D eigenvalue weighted by Crippen LogP contribution is -2.12. The number of halogens is 1. The van der Waals surface area contributed by atoms with E-state index in [0.29, 0.717) is 5.69 Å². The molecule has 15 heavy (non-hydrogen) atoms. The van der Waals surface area contributed by atoms with E-state index in [2.05, 4.69) is 38.0 Å². The summed E-state index contributed by atoms with van der Waals surface area (Å²) in [5, 5.41) is 9.99. The number of aromatic amines is 1. The second-order valence-corrected chi connectivity index (χ2v) is 4.14. The number of nitrogens with zero attached hydrogens (tertiary/aromatic N) is 2. The van der Waals surface area contributed by atoms with E-state index in [1.807, 2.05) is 24.3 Å². The van der Waals surface area contributed by atoms with E-state index in [-0.39, 0.29) is 5.69 Å². The lowest BCUT2D eigenvalue weighted by atomic mass is 10.1. The molecule has 1 aromatic heterocycles. The van der Waals surface area contributed by atoms with Crippen molar-refractivity contribution in [1.82, 2.24) is 15.4 Å². The minimum absolute atomic E-state index is 0.163. The number of aromatic nitrogens is 3. The Morgan fingerprint density at radius 2 is 1.93 bits per heavy atom. The molecule has 0 fully saturated rings. The fraction of sp³-hybridized carbons (Fsp3) is 0. The van der Waals surface area contributed by atoms with Gasteiger partial charge in [-0.2, -0.15) is 15.4 Å². The Morgan fingerprint density at radius 1 is 1.27 bits per heavy atom. The van der Waals surface area contributed by atoms with Crippen LogP contribution >= 0.6 is 22.6 Å². The fourth-order valence-corrected chi connectivity index (χ4v) is 1.57. The van der Waals surface area contributed by atoms with Gasteiger partial charge in [0, 0.05) is 9.13 Å². The van der Waals surface area contributed by atoms with Crippen molar-refractivity contribution in [2.24, 2.45) is 5.73 Å². The molecule has 3 N–H and O–H groups in total. The van der Waals surface area contributed by atoms with E-state index >= 15 is 0 Å². The van der Waals surface area contributed by atoms with E-state index < -0.39 is 5.91 Å². The van der Waals surface area contributed by atoms with Crippen molar-refractivity contribution in [2.75, 3.05) is 0 Å². The molecule has 76 valence electrons. The van der Waals surface area contributed by atoms with Gasteiger partial charge in [0.25, 0.3) is 5.91 Å². The maximum Gasteiger partial charge on any atom is 0.271 e. The van der Waals surface area contributed by atoms with E-state index in [0.717, 1.165) is 9.13 Å². The zero-order chi connectivity index (χ0) is 10.8. The molecule has 0 aliphatic rings.